The van der Waals surface area contributed by atoms with Crippen molar-refractivity contribution in [1.82, 2.24) is 10.6 Å². The topological polar surface area (TPSA) is 79.2 Å². The van der Waals surface area contributed by atoms with Crippen molar-refractivity contribution in [3.05, 3.63) is 30.1 Å². The SMILES string of the molecule is CC(=O)c1ccc[n+](CC(=O)NC(=O)NC2CCCCC2)c1. The summed E-state index contributed by atoms with van der Waals surface area (Å²) >= 11 is 0. The van der Waals surface area contributed by atoms with E-state index in [0.717, 1.165) is 25.7 Å². The van der Waals surface area contributed by atoms with Gasteiger partial charge in [-0.05, 0) is 25.8 Å². The number of amides is 3. The molecule has 0 unspecified atom stereocenters. The number of carbonyl (C=O) groups is 3. The van der Waals surface area contributed by atoms with E-state index in [1.165, 1.54) is 13.3 Å². The van der Waals surface area contributed by atoms with Crippen LogP contribution in [0.3, 0.4) is 0 Å². The molecule has 0 aliphatic heterocycles. The molecule has 118 valence electrons. The number of Topliss-reactive ketones (excluding diaryl/α,β-unsaturated/α-hetero) is 1. The molecule has 1 heterocycles. The molecule has 2 N–H and O–H groups in total. The fourth-order valence-corrected chi connectivity index (χ4v) is 2.63. The maximum absolute atomic E-state index is 11.9. The molecule has 1 aromatic heterocycles. The van der Waals surface area contributed by atoms with Gasteiger partial charge in [0.05, 0.1) is 5.56 Å². The second-order valence-electron chi connectivity index (χ2n) is 5.68. The highest BCUT2D eigenvalue weighted by Gasteiger charge is 2.18. The molecular formula is C16H22N3O3+. The molecule has 6 heteroatoms. The van der Waals surface area contributed by atoms with Crippen LogP contribution in [0.25, 0.3) is 0 Å². The molecule has 6 nitrogen and oxygen atoms in total. The Kier molecular flexibility index (Phi) is 5.63. The number of pyridine rings is 1. The van der Waals surface area contributed by atoms with Crippen molar-refractivity contribution in [2.75, 3.05) is 0 Å². The van der Waals surface area contributed by atoms with Crippen molar-refractivity contribution < 1.29 is 19.0 Å². The van der Waals surface area contributed by atoms with E-state index in [4.69, 9.17) is 0 Å². The number of urea groups is 1. The summed E-state index contributed by atoms with van der Waals surface area (Å²) in [5.41, 5.74) is 0.530. The quantitative estimate of drug-likeness (QED) is 0.651. The highest BCUT2D eigenvalue weighted by Crippen LogP contribution is 2.17. The lowest BCUT2D eigenvalue weighted by Gasteiger charge is -2.22. The highest BCUT2D eigenvalue weighted by atomic mass is 16.2. The fourth-order valence-electron chi connectivity index (χ4n) is 2.63. The standard InChI is InChI=1S/C16H21N3O3/c1-12(20)13-6-5-9-19(10-13)11-15(21)18-16(22)17-14-7-3-2-4-8-14/h5-6,9-10,14H,2-4,7-8,11H2,1H3,(H-,17,18,21,22)/p+1. The molecule has 0 aromatic carbocycles. The fraction of sp³-hybridized carbons (Fsp3) is 0.500. The summed E-state index contributed by atoms with van der Waals surface area (Å²) in [5, 5.41) is 5.16. The van der Waals surface area contributed by atoms with Gasteiger partial charge in [-0.1, -0.05) is 19.3 Å². The Balaban J connectivity index is 1.83. The van der Waals surface area contributed by atoms with Crippen molar-refractivity contribution in [3.63, 3.8) is 0 Å². The molecule has 0 bridgehead atoms. The largest absolute Gasteiger partial charge is 0.335 e. The number of nitrogens with zero attached hydrogens (tertiary/aromatic N) is 1. The first kappa shape index (κ1) is 16.1. The van der Waals surface area contributed by atoms with E-state index < -0.39 is 11.9 Å². The maximum atomic E-state index is 11.9. The van der Waals surface area contributed by atoms with Gasteiger partial charge >= 0.3 is 6.03 Å². The minimum Gasteiger partial charge on any atom is -0.335 e. The Morgan fingerprint density at radius 1 is 1.23 bits per heavy atom. The molecule has 0 saturated heterocycles. The second-order valence-corrected chi connectivity index (χ2v) is 5.68. The van der Waals surface area contributed by atoms with Gasteiger partial charge in [0.1, 0.15) is 0 Å². The second kappa shape index (κ2) is 7.68. The summed E-state index contributed by atoms with van der Waals surface area (Å²) in [6.45, 7) is 1.47. The molecule has 3 amide bonds. The van der Waals surface area contributed by atoms with Crippen LogP contribution in [0, 0.1) is 0 Å². The molecule has 2 rings (SSSR count). The van der Waals surface area contributed by atoms with Gasteiger partial charge in [-0.2, -0.15) is 4.57 Å². The van der Waals surface area contributed by atoms with E-state index in [1.54, 1.807) is 29.1 Å². The summed E-state index contributed by atoms with van der Waals surface area (Å²) in [5.74, 6) is -0.469. The monoisotopic (exact) mass is 304 g/mol. The molecule has 0 atom stereocenters. The van der Waals surface area contributed by atoms with E-state index >= 15 is 0 Å². The van der Waals surface area contributed by atoms with Gasteiger partial charge in [-0.3, -0.25) is 14.9 Å². The summed E-state index contributed by atoms with van der Waals surface area (Å²) in [7, 11) is 0. The summed E-state index contributed by atoms with van der Waals surface area (Å²) < 4.78 is 1.58. The third kappa shape index (κ3) is 4.95. The smallest absolute Gasteiger partial charge is 0.321 e. The molecule has 1 aliphatic rings. The van der Waals surface area contributed by atoms with Crippen molar-refractivity contribution in [1.29, 1.82) is 0 Å². The maximum Gasteiger partial charge on any atom is 0.321 e. The number of aromatic nitrogens is 1. The first-order valence-corrected chi connectivity index (χ1v) is 7.65. The van der Waals surface area contributed by atoms with Crippen LogP contribution in [0.4, 0.5) is 4.79 Å². The van der Waals surface area contributed by atoms with Crippen LogP contribution in [-0.4, -0.2) is 23.8 Å². The molecule has 0 spiro atoms. The average molecular weight is 304 g/mol. The number of hydrogen-bond acceptors (Lipinski definition) is 3. The molecule has 22 heavy (non-hydrogen) atoms. The van der Waals surface area contributed by atoms with Gasteiger partial charge in [-0.25, -0.2) is 4.79 Å². The molecule has 0 radical (unpaired) electrons. The van der Waals surface area contributed by atoms with Crippen LogP contribution in [0.15, 0.2) is 24.5 Å². The van der Waals surface area contributed by atoms with Crippen molar-refractivity contribution in [2.24, 2.45) is 0 Å². The van der Waals surface area contributed by atoms with Crippen LogP contribution < -0.4 is 15.2 Å². The van der Waals surface area contributed by atoms with Crippen LogP contribution in [0.1, 0.15) is 49.4 Å². The predicted molar refractivity (Wildman–Crippen MR) is 80.2 cm³/mol. The van der Waals surface area contributed by atoms with Crippen LogP contribution in [0.2, 0.25) is 0 Å². The Labute approximate surface area is 129 Å². The van der Waals surface area contributed by atoms with Crippen LogP contribution in [0.5, 0.6) is 0 Å². The predicted octanol–water partition coefficient (Wildman–Crippen LogP) is 1.34. The van der Waals surface area contributed by atoms with Gasteiger partial charge in [0.2, 0.25) is 6.54 Å². The van der Waals surface area contributed by atoms with Crippen LogP contribution >= 0.6 is 0 Å². The molecule has 1 aliphatic carbocycles. The number of hydrogen-bond donors (Lipinski definition) is 2. The first-order chi connectivity index (χ1) is 10.5. The van der Waals surface area contributed by atoms with Gasteiger partial charge in [0, 0.05) is 12.1 Å². The Hall–Kier alpha value is -2.24. The molecule has 1 saturated carbocycles. The Morgan fingerprint density at radius 2 is 1.95 bits per heavy atom. The average Bonchev–Trinajstić information content (AvgIpc) is 2.48. The van der Waals surface area contributed by atoms with Crippen LogP contribution in [-0.2, 0) is 11.3 Å². The van der Waals surface area contributed by atoms with Gasteiger partial charge in [-0.15, -0.1) is 0 Å². The summed E-state index contributed by atoms with van der Waals surface area (Å²) in [6, 6.07) is 3.11. The minimum absolute atomic E-state index is 0.000787. The molecule has 1 aromatic rings. The molecular weight excluding hydrogens is 282 g/mol. The lowest BCUT2D eigenvalue weighted by Crippen LogP contribution is -2.49. The van der Waals surface area contributed by atoms with Gasteiger partial charge in [0.15, 0.2) is 18.2 Å². The first-order valence-electron chi connectivity index (χ1n) is 7.65. The third-order valence-electron chi connectivity index (χ3n) is 3.78. The van der Waals surface area contributed by atoms with Crippen molar-refractivity contribution in [3.8, 4) is 0 Å². The van der Waals surface area contributed by atoms with Crippen molar-refractivity contribution in [2.45, 2.75) is 51.6 Å². The Morgan fingerprint density at radius 3 is 2.64 bits per heavy atom. The van der Waals surface area contributed by atoms with E-state index in [1.807, 2.05) is 0 Å². The zero-order valence-corrected chi connectivity index (χ0v) is 12.8. The lowest BCUT2D eigenvalue weighted by atomic mass is 9.96. The van der Waals surface area contributed by atoms with Gasteiger partial charge < -0.3 is 5.32 Å². The zero-order chi connectivity index (χ0) is 15.9. The van der Waals surface area contributed by atoms with E-state index in [0.29, 0.717) is 5.56 Å². The van der Waals surface area contributed by atoms with E-state index in [9.17, 15) is 14.4 Å². The number of imide groups is 1. The zero-order valence-electron chi connectivity index (χ0n) is 12.8. The highest BCUT2D eigenvalue weighted by molar-refractivity contribution is 5.94. The number of nitrogens with one attached hydrogen (secondary N) is 2. The number of rotatable bonds is 4. The summed E-state index contributed by atoms with van der Waals surface area (Å²) in [4.78, 5) is 35.0. The number of carbonyl (C=O) groups excluding carboxylic acids is 3. The van der Waals surface area contributed by atoms with E-state index in [2.05, 4.69) is 10.6 Å². The van der Waals surface area contributed by atoms with E-state index in [-0.39, 0.29) is 18.4 Å². The molecule has 1 fully saturated rings. The lowest BCUT2D eigenvalue weighted by molar-refractivity contribution is -0.684. The van der Waals surface area contributed by atoms with Crippen molar-refractivity contribution >= 4 is 17.7 Å². The third-order valence-corrected chi connectivity index (χ3v) is 3.78. The Bertz CT molecular complexity index is 566. The minimum atomic E-state index is -0.444. The number of ketones is 1. The normalized spacial score (nSPS) is 15.1. The van der Waals surface area contributed by atoms with Gasteiger partial charge in [0.25, 0.3) is 5.91 Å². The summed E-state index contributed by atoms with van der Waals surface area (Å²) in [6.07, 6.45) is 8.67.